The number of para-hydroxylation sites is 1. The molecule has 0 unspecified atom stereocenters. The maximum absolute atomic E-state index is 13.5. The van der Waals surface area contributed by atoms with Crippen molar-refractivity contribution < 1.29 is 23.6 Å². The number of likely N-dealkylation sites (N-methyl/N-ethyl adjacent to an activating group) is 1. The van der Waals surface area contributed by atoms with Crippen molar-refractivity contribution >= 4 is 11.6 Å². The number of fused-ring (bicyclic) bond motifs is 2. The Morgan fingerprint density at radius 2 is 1.92 bits per heavy atom. The third kappa shape index (κ3) is 3.76. The predicted octanol–water partition coefficient (Wildman–Crippen LogP) is 4.33. The summed E-state index contributed by atoms with van der Waals surface area (Å²) in [6.07, 6.45) is 0. The Kier molecular flexibility index (Phi) is 6.09. The Morgan fingerprint density at radius 1 is 1.11 bits per heavy atom. The maximum atomic E-state index is 13.5. The highest BCUT2D eigenvalue weighted by Crippen LogP contribution is 2.52. The molecule has 0 aromatic heterocycles. The first kappa shape index (κ1) is 23.7. The number of hydrogen-bond acceptors (Lipinski definition) is 6. The van der Waals surface area contributed by atoms with Crippen LogP contribution in [0.15, 0.2) is 66.7 Å². The van der Waals surface area contributed by atoms with E-state index in [1.807, 2.05) is 6.92 Å². The van der Waals surface area contributed by atoms with Gasteiger partial charge in [0, 0.05) is 22.7 Å². The van der Waals surface area contributed by atoms with Gasteiger partial charge in [-0.25, -0.2) is 4.39 Å². The topological polar surface area (TPSA) is 93.9 Å². The zero-order valence-electron chi connectivity index (χ0n) is 19.9. The summed E-state index contributed by atoms with van der Waals surface area (Å²) in [7, 11) is 1.75. The number of carbonyl (C=O) groups excluding carboxylic acids is 1. The van der Waals surface area contributed by atoms with Gasteiger partial charge in [0.05, 0.1) is 12.5 Å². The lowest BCUT2D eigenvalue weighted by Crippen LogP contribution is -2.54. The van der Waals surface area contributed by atoms with Crippen molar-refractivity contribution in [1.82, 2.24) is 4.90 Å². The van der Waals surface area contributed by atoms with Crippen LogP contribution in [-0.4, -0.2) is 42.0 Å². The molecule has 1 N–H and O–H groups in total. The highest BCUT2D eigenvalue weighted by molar-refractivity contribution is 6.06. The molecule has 0 aliphatic carbocycles. The van der Waals surface area contributed by atoms with E-state index in [0.717, 1.165) is 0 Å². The fraction of sp³-hybridized carbons (Fsp3) is 0.296. The lowest BCUT2D eigenvalue weighted by molar-refractivity contribution is -0.534. The van der Waals surface area contributed by atoms with Gasteiger partial charge < -0.3 is 14.8 Å². The molecule has 1 fully saturated rings. The number of likely N-dealkylation sites (tertiary alicyclic amines) is 1. The van der Waals surface area contributed by atoms with E-state index in [1.165, 1.54) is 12.1 Å². The van der Waals surface area contributed by atoms with E-state index in [4.69, 9.17) is 9.47 Å². The van der Waals surface area contributed by atoms with Crippen molar-refractivity contribution in [2.75, 3.05) is 25.5 Å². The van der Waals surface area contributed by atoms with Gasteiger partial charge in [0.1, 0.15) is 12.4 Å². The fourth-order valence-corrected chi connectivity index (χ4v) is 5.51. The molecule has 186 valence electrons. The molecule has 36 heavy (non-hydrogen) atoms. The zero-order chi connectivity index (χ0) is 25.4. The summed E-state index contributed by atoms with van der Waals surface area (Å²) in [6, 6.07) is 17.3. The molecule has 0 bridgehead atoms. The third-order valence-electron chi connectivity index (χ3n) is 7.02. The lowest BCUT2D eigenvalue weighted by Gasteiger charge is -2.30. The Hall–Kier alpha value is -3.98. The Morgan fingerprint density at radius 3 is 2.67 bits per heavy atom. The highest BCUT2D eigenvalue weighted by Gasteiger charge is 2.68. The van der Waals surface area contributed by atoms with E-state index in [9.17, 15) is 19.3 Å². The molecule has 3 atom stereocenters. The van der Waals surface area contributed by atoms with Crippen LogP contribution >= 0.6 is 0 Å². The van der Waals surface area contributed by atoms with Crippen molar-refractivity contribution in [2.45, 2.75) is 31.0 Å². The molecule has 5 rings (SSSR count). The first-order chi connectivity index (χ1) is 17.4. The molecule has 2 aliphatic heterocycles. The molecule has 3 aromatic carbocycles. The van der Waals surface area contributed by atoms with Gasteiger partial charge in [-0.2, -0.15) is 0 Å². The molecule has 1 amide bonds. The molecular weight excluding hydrogens is 465 g/mol. The molecule has 8 nitrogen and oxygen atoms in total. The molecule has 1 saturated heterocycles. The SMILES string of the molecule is CCOc1cc([C@@H]2CN(C)[C@]3(C(=O)Nc4ccccc43)[C@H]2[N+](=O)[O-])ccc1OCc1cccc(F)c1. The molecule has 0 saturated carbocycles. The summed E-state index contributed by atoms with van der Waals surface area (Å²) in [6.45, 7) is 2.65. The number of rotatable bonds is 7. The van der Waals surface area contributed by atoms with Crippen LogP contribution in [0.2, 0.25) is 0 Å². The van der Waals surface area contributed by atoms with E-state index in [1.54, 1.807) is 66.5 Å². The standard InChI is InChI=1S/C27H26FN3O5/c1-3-35-24-14-18(11-12-23(24)36-16-17-7-6-8-19(28)13-17)20-15-30(2)27(25(20)31(33)34)21-9-4-5-10-22(21)29-26(27)32/h4-14,20,25H,3,15-16H2,1-2H3,(H,29,32)/t20-,25-,27-/m0/s1. The predicted molar refractivity (Wildman–Crippen MR) is 131 cm³/mol. The zero-order valence-corrected chi connectivity index (χ0v) is 19.9. The largest absolute Gasteiger partial charge is 0.490 e. The van der Waals surface area contributed by atoms with Crippen LogP contribution in [-0.2, 0) is 16.9 Å². The van der Waals surface area contributed by atoms with Crippen molar-refractivity contribution in [3.8, 4) is 11.5 Å². The first-order valence-corrected chi connectivity index (χ1v) is 11.8. The summed E-state index contributed by atoms with van der Waals surface area (Å²) >= 11 is 0. The van der Waals surface area contributed by atoms with E-state index < -0.39 is 23.4 Å². The summed E-state index contributed by atoms with van der Waals surface area (Å²) in [5.41, 5.74) is 1.14. The fourth-order valence-electron chi connectivity index (χ4n) is 5.51. The smallest absolute Gasteiger partial charge is 0.256 e. The van der Waals surface area contributed by atoms with Gasteiger partial charge in [-0.1, -0.05) is 36.4 Å². The van der Waals surface area contributed by atoms with Gasteiger partial charge in [-0.05, 0) is 55.4 Å². The summed E-state index contributed by atoms with van der Waals surface area (Å²) in [5.74, 6) is -0.422. The number of nitrogens with zero attached hydrogens (tertiary/aromatic N) is 2. The molecule has 9 heteroatoms. The van der Waals surface area contributed by atoms with Crippen LogP contribution in [0.4, 0.5) is 10.1 Å². The second-order valence-corrected chi connectivity index (χ2v) is 9.04. The average molecular weight is 492 g/mol. The number of anilines is 1. The minimum atomic E-state index is -1.41. The Balaban J connectivity index is 1.50. The Labute approximate surface area is 207 Å². The first-order valence-electron chi connectivity index (χ1n) is 11.8. The number of amides is 1. The number of benzene rings is 3. The minimum Gasteiger partial charge on any atom is -0.490 e. The molecular formula is C27H26FN3O5. The van der Waals surface area contributed by atoms with E-state index in [2.05, 4.69) is 5.32 Å². The van der Waals surface area contributed by atoms with E-state index in [0.29, 0.717) is 47.0 Å². The molecule has 0 radical (unpaired) electrons. The number of ether oxygens (including phenoxy) is 2. The quantitative estimate of drug-likeness (QED) is 0.391. The number of hydrogen-bond donors (Lipinski definition) is 1. The molecule has 3 aromatic rings. The van der Waals surface area contributed by atoms with E-state index >= 15 is 0 Å². The van der Waals surface area contributed by atoms with Crippen LogP contribution in [0.25, 0.3) is 0 Å². The van der Waals surface area contributed by atoms with Gasteiger partial charge in [0.2, 0.25) is 0 Å². The number of nitro groups is 1. The van der Waals surface area contributed by atoms with Crippen LogP contribution in [0, 0.1) is 15.9 Å². The van der Waals surface area contributed by atoms with Gasteiger partial charge >= 0.3 is 0 Å². The second kappa shape index (κ2) is 9.23. The third-order valence-corrected chi connectivity index (χ3v) is 7.02. The summed E-state index contributed by atoms with van der Waals surface area (Å²) in [5, 5.41) is 15.4. The van der Waals surface area contributed by atoms with Crippen LogP contribution < -0.4 is 14.8 Å². The van der Waals surface area contributed by atoms with Crippen molar-refractivity contribution in [2.24, 2.45) is 0 Å². The molecule has 2 heterocycles. The van der Waals surface area contributed by atoms with Crippen LogP contribution in [0.3, 0.4) is 0 Å². The average Bonchev–Trinajstić information content (AvgIpc) is 3.33. The lowest BCUT2D eigenvalue weighted by atomic mass is 9.79. The van der Waals surface area contributed by atoms with Crippen molar-refractivity contribution in [3.63, 3.8) is 0 Å². The van der Waals surface area contributed by atoms with Gasteiger partial charge in [0.25, 0.3) is 11.9 Å². The minimum absolute atomic E-state index is 0.140. The van der Waals surface area contributed by atoms with E-state index in [-0.39, 0.29) is 17.3 Å². The number of carbonyl (C=O) groups is 1. The number of halogens is 1. The van der Waals surface area contributed by atoms with Crippen LogP contribution in [0.1, 0.15) is 29.5 Å². The maximum Gasteiger partial charge on any atom is 0.256 e. The van der Waals surface area contributed by atoms with Crippen molar-refractivity contribution in [1.29, 1.82) is 0 Å². The molecule has 2 aliphatic rings. The Bertz CT molecular complexity index is 1330. The van der Waals surface area contributed by atoms with Gasteiger partial charge in [-0.15, -0.1) is 0 Å². The van der Waals surface area contributed by atoms with Crippen molar-refractivity contribution in [3.05, 3.63) is 99.4 Å². The monoisotopic (exact) mass is 491 g/mol. The van der Waals surface area contributed by atoms with Gasteiger partial charge in [0.15, 0.2) is 17.0 Å². The summed E-state index contributed by atoms with van der Waals surface area (Å²) < 4.78 is 25.2. The van der Waals surface area contributed by atoms with Gasteiger partial charge in [-0.3, -0.25) is 19.8 Å². The van der Waals surface area contributed by atoms with Crippen LogP contribution in [0.5, 0.6) is 11.5 Å². The highest BCUT2D eigenvalue weighted by atomic mass is 19.1. The normalized spacial score (nSPS) is 22.9. The summed E-state index contributed by atoms with van der Waals surface area (Å²) in [4.78, 5) is 27.3. The number of nitrogens with one attached hydrogen (secondary N) is 1. The second-order valence-electron chi connectivity index (χ2n) is 9.04. The molecule has 1 spiro atoms.